The molecule has 0 spiro atoms. The van der Waals surface area contributed by atoms with Crippen molar-refractivity contribution < 1.29 is 4.42 Å². The molecule has 0 atom stereocenters. The molecule has 0 aliphatic carbocycles. The third kappa shape index (κ3) is 4.46. The van der Waals surface area contributed by atoms with Crippen LogP contribution in [0.3, 0.4) is 0 Å². The lowest BCUT2D eigenvalue weighted by Gasteiger charge is -2.29. The molecule has 0 aliphatic heterocycles. The molecule has 216 valence electrons. The van der Waals surface area contributed by atoms with Crippen molar-refractivity contribution in [2.24, 2.45) is 0 Å². The number of fused-ring (bicyclic) bond motifs is 6. The summed E-state index contributed by atoms with van der Waals surface area (Å²) in [6, 6.07) is 36.2. The summed E-state index contributed by atoms with van der Waals surface area (Å²) in [5, 5.41) is 6.16. The van der Waals surface area contributed by atoms with Crippen LogP contribution in [0.5, 0.6) is 0 Å². The van der Waals surface area contributed by atoms with E-state index in [-0.39, 0.29) is 43.7 Å². The van der Waals surface area contributed by atoms with Gasteiger partial charge in [0.1, 0.15) is 73.9 Å². The third-order valence-electron chi connectivity index (χ3n) is 10.3. The maximum atomic E-state index is 7.08. The van der Waals surface area contributed by atoms with Crippen LogP contribution in [0, 0.1) is 0 Å². The van der Waals surface area contributed by atoms with Crippen LogP contribution in [-0.4, -0.2) is 62.8 Å². The average molecular weight is 625 g/mol. The Kier molecular flexibility index (Phi) is 7.30. The van der Waals surface area contributed by atoms with Crippen LogP contribution in [0.15, 0.2) is 114 Å². The minimum atomic E-state index is 0.160. The van der Waals surface area contributed by atoms with E-state index >= 15 is 0 Å². The van der Waals surface area contributed by atoms with Crippen LogP contribution < -0.4 is 43.7 Å². The molecule has 51 heavy (non-hydrogen) atoms. The first-order valence-corrected chi connectivity index (χ1v) is 16.4. The van der Waals surface area contributed by atoms with E-state index in [2.05, 4.69) is 30.3 Å². The standard InChI is InChI=1S/C42H18B8O/c43-35-31-29(23-13-4-3-12-22(23)21-15-7-10-19-9-1-2-11-20(19)21)32-34(38(46)42(50)40(48)36(32)44)30(33(31)37(45)41(49)39(35)47)25-16-8-18-27-28(25)24-14-5-6-17-26(24)51-27/h1-18H. The zero-order valence-corrected chi connectivity index (χ0v) is 27.4. The maximum Gasteiger partial charge on any atom is 0.136 e. The molecule has 0 aliphatic rings. The average Bonchev–Trinajstić information content (AvgIpc) is 3.55. The Bertz CT molecular complexity index is 2880. The molecule has 9 aromatic rings. The zero-order chi connectivity index (χ0) is 35.3. The van der Waals surface area contributed by atoms with Gasteiger partial charge in [-0.2, -0.15) is 0 Å². The van der Waals surface area contributed by atoms with Crippen molar-refractivity contribution in [1.29, 1.82) is 0 Å². The van der Waals surface area contributed by atoms with E-state index < -0.39 is 0 Å². The molecule has 0 bridgehead atoms. The molecule has 16 radical (unpaired) electrons. The predicted molar refractivity (Wildman–Crippen MR) is 226 cm³/mol. The van der Waals surface area contributed by atoms with E-state index in [0.717, 1.165) is 49.4 Å². The number of benzene rings is 8. The van der Waals surface area contributed by atoms with Gasteiger partial charge in [0, 0.05) is 10.8 Å². The molecule has 0 saturated carbocycles. The van der Waals surface area contributed by atoms with Gasteiger partial charge in [-0.3, -0.25) is 0 Å². The summed E-state index contributed by atoms with van der Waals surface area (Å²) >= 11 is 0. The smallest absolute Gasteiger partial charge is 0.136 e. The largest absolute Gasteiger partial charge is 0.456 e. The minimum Gasteiger partial charge on any atom is -0.456 e. The first-order valence-electron chi connectivity index (χ1n) is 16.4. The zero-order valence-electron chi connectivity index (χ0n) is 27.4. The van der Waals surface area contributed by atoms with Gasteiger partial charge in [-0.05, 0) is 77.8 Å². The molecular weight excluding hydrogens is 607 g/mol. The van der Waals surface area contributed by atoms with Crippen molar-refractivity contribution in [3.63, 3.8) is 0 Å². The summed E-state index contributed by atoms with van der Waals surface area (Å²) < 4.78 is 6.32. The quantitative estimate of drug-likeness (QED) is 0.218. The molecule has 8 aromatic carbocycles. The summed E-state index contributed by atoms with van der Waals surface area (Å²) in [5.41, 5.74) is 7.84. The summed E-state index contributed by atoms with van der Waals surface area (Å²) in [6.45, 7) is 0. The molecule has 0 fully saturated rings. The number of hydrogen-bond acceptors (Lipinski definition) is 1. The molecule has 1 nitrogen and oxygen atoms in total. The first-order chi connectivity index (χ1) is 24.7. The Balaban J connectivity index is 1.58. The SMILES string of the molecule is [B]c1c([B])c([B])c2c(-c3cccc4oc5ccccc5c34)c3c([B])c([B])c([B])c([B])c3c(-c3ccccc3-c3cccc4ccccc34)c2c1[B]. The van der Waals surface area contributed by atoms with Crippen molar-refractivity contribution in [1.82, 2.24) is 0 Å². The van der Waals surface area contributed by atoms with E-state index in [1.165, 1.54) is 0 Å². The summed E-state index contributed by atoms with van der Waals surface area (Å²) in [4.78, 5) is 0. The van der Waals surface area contributed by atoms with Gasteiger partial charge in [-0.1, -0.05) is 119 Å². The highest BCUT2D eigenvalue weighted by Crippen LogP contribution is 2.47. The second-order valence-corrected chi connectivity index (χ2v) is 12.9. The molecule has 0 N–H and O–H groups in total. The van der Waals surface area contributed by atoms with E-state index in [4.69, 9.17) is 67.2 Å². The molecule has 1 aromatic heterocycles. The Morgan fingerprint density at radius 1 is 0.294 bits per heavy atom. The number of rotatable bonds is 3. The molecule has 0 unspecified atom stereocenters. The van der Waals surface area contributed by atoms with Gasteiger partial charge in [0.25, 0.3) is 0 Å². The Hall–Kier alpha value is -5.14. The van der Waals surface area contributed by atoms with Crippen molar-refractivity contribution in [3.8, 4) is 33.4 Å². The summed E-state index contributed by atoms with van der Waals surface area (Å²) in [7, 11) is 55.0. The Morgan fingerprint density at radius 2 is 0.706 bits per heavy atom. The normalized spacial score (nSPS) is 11.8. The van der Waals surface area contributed by atoms with Gasteiger partial charge in [0.2, 0.25) is 0 Å². The second kappa shape index (κ2) is 11.7. The van der Waals surface area contributed by atoms with E-state index in [9.17, 15) is 0 Å². The molecule has 0 saturated heterocycles. The second-order valence-electron chi connectivity index (χ2n) is 12.9. The molecular formula is C42H18B8O. The van der Waals surface area contributed by atoms with Gasteiger partial charge in [0.15, 0.2) is 0 Å². The molecule has 1 heterocycles. The lowest BCUT2D eigenvalue weighted by atomic mass is 9.59. The Morgan fingerprint density at radius 3 is 1.33 bits per heavy atom. The lowest BCUT2D eigenvalue weighted by Crippen LogP contribution is -2.50. The third-order valence-corrected chi connectivity index (χ3v) is 10.3. The first kappa shape index (κ1) is 31.8. The molecule has 9 heteroatoms. The van der Waals surface area contributed by atoms with Crippen molar-refractivity contribution in [2.45, 2.75) is 0 Å². The van der Waals surface area contributed by atoms with Crippen LogP contribution in [0.2, 0.25) is 0 Å². The fourth-order valence-corrected chi connectivity index (χ4v) is 7.86. The number of para-hydroxylation sites is 1. The van der Waals surface area contributed by atoms with Crippen molar-refractivity contribution in [3.05, 3.63) is 109 Å². The van der Waals surface area contributed by atoms with Crippen LogP contribution in [0.1, 0.15) is 0 Å². The molecule has 0 amide bonds. The van der Waals surface area contributed by atoms with E-state index in [1.54, 1.807) is 0 Å². The highest BCUT2D eigenvalue weighted by Gasteiger charge is 2.27. The fourth-order valence-electron chi connectivity index (χ4n) is 7.86. The van der Waals surface area contributed by atoms with Gasteiger partial charge in [-0.25, -0.2) is 0 Å². The van der Waals surface area contributed by atoms with Crippen LogP contribution >= 0.6 is 0 Å². The highest BCUT2D eigenvalue weighted by atomic mass is 16.3. The van der Waals surface area contributed by atoms with Crippen molar-refractivity contribution in [2.75, 3.05) is 0 Å². The summed E-state index contributed by atoms with van der Waals surface area (Å²) in [6.07, 6.45) is 0. The Labute approximate surface area is 306 Å². The van der Waals surface area contributed by atoms with Crippen LogP contribution in [0.4, 0.5) is 0 Å². The highest BCUT2D eigenvalue weighted by molar-refractivity contribution is 6.71. The van der Waals surface area contributed by atoms with Gasteiger partial charge >= 0.3 is 0 Å². The number of furan rings is 1. The van der Waals surface area contributed by atoms with Crippen LogP contribution in [-0.2, 0) is 0 Å². The van der Waals surface area contributed by atoms with Gasteiger partial charge in [-0.15, -0.1) is 21.9 Å². The predicted octanol–water partition coefficient (Wildman–Crippen LogP) is 2.40. The van der Waals surface area contributed by atoms with Gasteiger partial charge < -0.3 is 4.42 Å². The fraction of sp³-hybridized carbons (Fsp3) is 0. The summed E-state index contributed by atoms with van der Waals surface area (Å²) in [5.74, 6) is 0. The lowest BCUT2D eigenvalue weighted by molar-refractivity contribution is 0.669. The number of hydrogen-bond donors (Lipinski definition) is 0. The van der Waals surface area contributed by atoms with Crippen molar-refractivity contribution >= 4 is 161 Å². The van der Waals surface area contributed by atoms with E-state index in [0.29, 0.717) is 38.3 Å². The topological polar surface area (TPSA) is 13.1 Å². The van der Waals surface area contributed by atoms with E-state index in [1.807, 2.05) is 78.9 Å². The molecule has 9 rings (SSSR count). The monoisotopic (exact) mass is 626 g/mol. The van der Waals surface area contributed by atoms with Gasteiger partial charge in [0.05, 0.1) is 0 Å². The minimum absolute atomic E-state index is 0.160. The van der Waals surface area contributed by atoms with Crippen LogP contribution in [0.25, 0.3) is 87.6 Å². The maximum absolute atomic E-state index is 7.08.